The number of benzene rings is 7. The van der Waals surface area contributed by atoms with Crippen LogP contribution in [0.2, 0.25) is 0 Å². The fourth-order valence-corrected chi connectivity index (χ4v) is 11.5. The van der Waals surface area contributed by atoms with E-state index in [1.807, 2.05) is 0 Å². The Morgan fingerprint density at radius 3 is 1.45 bits per heavy atom. The van der Waals surface area contributed by atoms with E-state index in [4.69, 9.17) is 0 Å². The highest BCUT2D eigenvalue weighted by atomic mass is 15.1. The van der Waals surface area contributed by atoms with E-state index in [0.717, 1.165) is 29.4 Å². The topological polar surface area (TPSA) is 3.24 Å². The first-order valence-corrected chi connectivity index (χ1v) is 19.7. The summed E-state index contributed by atoms with van der Waals surface area (Å²) in [6, 6.07) is 65.5. The second kappa shape index (κ2) is 12.2. The highest BCUT2D eigenvalue weighted by Crippen LogP contribution is 2.69. The van der Waals surface area contributed by atoms with Crippen LogP contribution in [0.15, 0.2) is 176 Å². The molecule has 0 N–H and O–H groups in total. The van der Waals surface area contributed by atoms with Crippen LogP contribution >= 0.6 is 0 Å². The molecule has 0 saturated heterocycles. The van der Waals surface area contributed by atoms with E-state index in [1.165, 1.54) is 88.0 Å². The minimum absolute atomic E-state index is 0.174. The Bertz CT molecular complexity index is 2410. The summed E-state index contributed by atoms with van der Waals surface area (Å²) in [5.74, 6) is 3.41. The fourth-order valence-electron chi connectivity index (χ4n) is 11.5. The Kier molecular flexibility index (Phi) is 7.12. The van der Waals surface area contributed by atoms with Crippen LogP contribution in [0, 0.1) is 23.7 Å². The molecule has 4 saturated carbocycles. The Hall–Kier alpha value is -5.66. The maximum atomic E-state index is 2.55. The molecule has 0 amide bonds. The van der Waals surface area contributed by atoms with Crippen LogP contribution in [-0.4, -0.2) is 0 Å². The fraction of sp³-hybridized carbons (Fsp3) is 0.192. The van der Waals surface area contributed by atoms with Gasteiger partial charge in [-0.1, -0.05) is 140 Å². The molecule has 256 valence electrons. The first-order valence-electron chi connectivity index (χ1n) is 19.7. The van der Waals surface area contributed by atoms with Gasteiger partial charge in [0.05, 0.1) is 0 Å². The Morgan fingerprint density at radius 1 is 0.340 bits per heavy atom. The zero-order valence-electron chi connectivity index (χ0n) is 30.0. The van der Waals surface area contributed by atoms with Crippen LogP contribution in [0.3, 0.4) is 0 Å². The molecule has 5 aliphatic carbocycles. The zero-order chi connectivity index (χ0) is 34.9. The van der Waals surface area contributed by atoms with Crippen molar-refractivity contribution in [2.24, 2.45) is 23.7 Å². The van der Waals surface area contributed by atoms with Gasteiger partial charge in [-0.25, -0.2) is 0 Å². The van der Waals surface area contributed by atoms with Crippen LogP contribution in [-0.2, 0) is 5.41 Å². The number of nitrogens with zero attached hydrogens (tertiary/aromatic N) is 1. The molecule has 4 bridgehead atoms. The van der Waals surface area contributed by atoms with Crippen molar-refractivity contribution < 1.29 is 0 Å². The molecule has 53 heavy (non-hydrogen) atoms. The first kappa shape index (κ1) is 30.9. The third-order valence-corrected chi connectivity index (χ3v) is 13.5. The van der Waals surface area contributed by atoms with Crippen LogP contribution in [0.5, 0.6) is 0 Å². The lowest BCUT2D eigenvalue weighted by atomic mass is 9.43. The molecular weight excluding hydrogens is 639 g/mol. The van der Waals surface area contributed by atoms with E-state index in [2.05, 4.69) is 181 Å². The van der Waals surface area contributed by atoms with Crippen molar-refractivity contribution in [1.82, 2.24) is 0 Å². The average molecular weight is 682 g/mol. The van der Waals surface area contributed by atoms with Gasteiger partial charge < -0.3 is 4.90 Å². The normalized spacial score (nSPS) is 23.2. The van der Waals surface area contributed by atoms with Gasteiger partial charge >= 0.3 is 0 Å². The molecule has 0 heterocycles. The summed E-state index contributed by atoms with van der Waals surface area (Å²) in [6.07, 6.45) is 7.10. The molecule has 0 aromatic heterocycles. The van der Waals surface area contributed by atoms with Crippen LogP contribution < -0.4 is 4.90 Å². The van der Waals surface area contributed by atoms with Gasteiger partial charge in [-0.15, -0.1) is 0 Å². The quantitative estimate of drug-likeness (QED) is 0.169. The van der Waals surface area contributed by atoms with Gasteiger partial charge in [-0.3, -0.25) is 0 Å². The van der Waals surface area contributed by atoms with Crippen molar-refractivity contribution in [1.29, 1.82) is 0 Å². The van der Waals surface area contributed by atoms with Crippen molar-refractivity contribution in [3.63, 3.8) is 0 Å². The van der Waals surface area contributed by atoms with Gasteiger partial charge in [-0.05, 0) is 148 Å². The molecule has 0 atom stereocenters. The largest absolute Gasteiger partial charge is 0.310 e. The third-order valence-electron chi connectivity index (χ3n) is 13.5. The maximum absolute atomic E-state index is 2.55. The summed E-state index contributed by atoms with van der Waals surface area (Å²) in [6.45, 7) is 0. The number of rotatable bonds is 6. The molecule has 0 unspecified atom stereocenters. The molecule has 1 nitrogen and oxygen atoms in total. The maximum Gasteiger partial charge on any atom is 0.0468 e. The summed E-state index contributed by atoms with van der Waals surface area (Å²) >= 11 is 0. The Labute approximate surface area is 313 Å². The van der Waals surface area contributed by atoms with Gasteiger partial charge in [0.1, 0.15) is 0 Å². The highest BCUT2D eigenvalue weighted by Gasteiger charge is 2.61. The van der Waals surface area contributed by atoms with Crippen molar-refractivity contribution in [3.05, 3.63) is 187 Å². The van der Waals surface area contributed by atoms with Crippen molar-refractivity contribution in [2.45, 2.75) is 37.5 Å². The molecule has 5 aliphatic rings. The highest BCUT2D eigenvalue weighted by molar-refractivity contribution is 5.88. The Balaban J connectivity index is 1.02. The van der Waals surface area contributed by atoms with Crippen molar-refractivity contribution in [2.75, 3.05) is 4.90 Å². The van der Waals surface area contributed by atoms with Crippen molar-refractivity contribution >= 4 is 17.1 Å². The first-order chi connectivity index (χ1) is 26.2. The van der Waals surface area contributed by atoms with E-state index in [-0.39, 0.29) is 5.41 Å². The minimum atomic E-state index is 0.174. The number of fused-ring (bicyclic) bond motifs is 3. The zero-order valence-corrected chi connectivity index (χ0v) is 30.0. The monoisotopic (exact) mass is 681 g/mol. The SMILES string of the molecule is c1ccc(-c2ccc(-c3ccc(N(c4cccc(-c5ccccc5)c4)c4ccc5c(c4)-c4ccccc4C54C5CC6CC(C5)CC4C6)cc3)cc2)cc1. The molecule has 4 fully saturated rings. The summed E-state index contributed by atoms with van der Waals surface area (Å²) in [5.41, 5.74) is 17.2. The molecule has 7 aromatic rings. The molecular formula is C52H43N. The average Bonchev–Trinajstić information content (AvgIpc) is 3.51. The van der Waals surface area contributed by atoms with Crippen LogP contribution in [0.1, 0.15) is 43.2 Å². The Morgan fingerprint density at radius 2 is 0.811 bits per heavy atom. The standard InChI is InChI=1S/C52H43N/c1-3-10-37(11-4-1)39-18-20-40(21-19-39)41-22-24-45(25-23-41)53(46-15-9-14-42(33-46)38-12-5-2-6-13-38)47-26-27-51-49(34-47)48-16-7-8-17-50(48)52(51)43-29-35-28-36(31-43)32-44(52)30-35/h1-27,33-36,43-44H,28-32H2. The second-order valence-corrected chi connectivity index (χ2v) is 16.2. The summed E-state index contributed by atoms with van der Waals surface area (Å²) in [7, 11) is 0. The van der Waals surface area contributed by atoms with Crippen molar-refractivity contribution in [3.8, 4) is 44.5 Å². The smallest absolute Gasteiger partial charge is 0.0468 e. The molecule has 7 aromatic carbocycles. The van der Waals surface area contributed by atoms with Gasteiger partial charge in [0.25, 0.3) is 0 Å². The molecule has 1 heteroatoms. The van der Waals surface area contributed by atoms with Crippen LogP contribution in [0.25, 0.3) is 44.5 Å². The van der Waals surface area contributed by atoms with Gasteiger partial charge in [0, 0.05) is 22.5 Å². The molecule has 12 rings (SSSR count). The van der Waals surface area contributed by atoms with Gasteiger partial charge in [0.15, 0.2) is 0 Å². The second-order valence-electron chi connectivity index (χ2n) is 16.2. The molecule has 1 spiro atoms. The number of hydrogen-bond donors (Lipinski definition) is 0. The predicted molar refractivity (Wildman–Crippen MR) is 221 cm³/mol. The van der Waals surface area contributed by atoms with E-state index < -0.39 is 0 Å². The van der Waals surface area contributed by atoms with E-state index in [9.17, 15) is 0 Å². The predicted octanol–water partition coefficient (Wildman–Crippen LogP) is 13.9. The number of hydrogen-bond acceptors (Lipinski definition) is 1. The lowest BCUT2D eigenvalue weighted by Gasteiger charge is -2.61. The van der Waals surface area contributed by atoms with Crippen LogP contribution in [0.4, 0.5) is 17.1 Å². The van der Waals surface area contributed by atoms with Gasteiger partial charge in [-0.2, -0.15) is 0 Å². The summed E-state index contributed by atoms with van der Waals surface area (Å²) in [5, 5.41) is 0. The lowest BCUT2D eigenvalue weighted by molar-refractivity contribution is -0.0399. The van der Waals surface area contributed by atoms with E-state index in [1.54, 1.807) is 11.1 Å². The lowest BCUT2D eigenvalue weighted by Crippen LogP contribution is -2.55. The third kappa shape index (κ3) is 4.90. The van der Waals surface area contributed by atoms with E-state index >= 15 is 0 Å². The van der Waals surface area contributed by atoms with Gasteiger partial charge in [0.2, 0.25) is 0 Å². The summed E-state index contributed by atoms with van der Waals surface area (Å²) < 4.78 is 0. The molecule has 0 aliphatic heterocycles. The summed E-state index contributed by atoms with van der Waals surface area (Å²) in [4.78, 5) is 2.47. The number of anilines is 3. The van der Waals surface area contributed by atoms with E-state index in [0.29, 0.717) is 0 Å². The molecule has 0 radical (unpaired) electrons. The minimum Gasteiger partial charge on any atom is -0.310 e.